The predicted octanol–water partition coefficient (Wildman–Crippen LogP) is 3.20. The molecule has 1 fully saturated rings. The number of hydrogen-bond acceptors (Lipinski definition) is 4. The highest BCUT2D eigenvalue weighted by molar-refractivity contribution is 7.89. The highest BCUT2D eigenvalue weighted by Gasteiger charge is 2.32. The largest absolute Gasteiger partial charge is 0.416 e. The molecule has 0 spiro atoms. The van der Waals surface area contributed by atoms with Gasteiger partial charge in [-0.1, -0.05) is 6.07 Å². The molecule has 0 aliphatic carbocycles. The second kappa shape index (κ2) is 8.38. The van der Waals surface area contributed by atoms with E-state index in [4.69, 9.17) is 0 Å². The Balaban J connectivity index is 1.75. The van der Waals surface area contributed by atoms with Crippen LogP contribution >= 0.6 is 0 Å². The van der Waals surface area contributed by atoms with Crippen LogP contribution in [0.15, 0.2) is 30.3 Å². The molecule has 7 nitrogen and oxygen atoms in total. The van der Waals surface area contributed by atoms with Gasteiger partial charge in [-0.25, -0.2) is 17.4 Å². The van der Waals surface area contributed by atoms with Gasteiger partial charge in [0.2, 0.25) is 15.9 Å². The van der Waals surface area contributed by atoms with E-state index in [0.717, 1.165) is 12.1 Å². The molecular weight excluding hydrogens is 421 g/mol. The standard InChI is InChI=1S/C19H23F3N4O3S/c1-3-30(28,29)25-9-7-14(8-10-25)18(27)23-17-11-13(2)24-26(17)16-6-4-5-15(12-16)19(20,21)22/h4-6,11-12,14H,3,7-10H2,1-2H3,(H,23,27). The number of carbonyl (C=O) groups is 1. The molecular formula is C19H23F3N4O3S. The summed E-state index contributed by atoms with van der Waals surface area (Å²) >= 11 is 0. The lowest BCUT2D eigenvalue weighted by molar-refractivity contribution is -0.137. The molecule has 1 N–H and O–H groups in total. The molecule has 1 aromatic carbocycles. The minimum Gasteiger partial charge on any atom is -0.310 e. The number of halogens is 3. The van der Waals surface area contributed by atoms with E-state index in [1.165, 1.54) is 21.1 Å². The summed E-state index contributed by atoms with van der Waals surface area (Å²) in [6, 6.07) is 6.28. The normalized spacial score (nSPS) is 16.6. The van der Waals surface area contributed by atoms with Crippen LogP contribution in [0.25, 0.3) is 5.69 Å². The van der Waals surface area contributed by atoms with Crippen molar-refractivity contribution in [2.24, 2.45) is 5.92 Å². The van der Waals surface area contributed by atoms with Crippen molar-refractivity contribution in [2.75, 3.05) is 24.2 Å². The van der Waals surface area contributed by atoms with E-state index in [1.807, 2.05) is 0 Å². The minimum atomic E-state index is -4.49. The van der Waals surface area contributed by atoms with Gasteiger partial charge in [0.15, 0.2) is 0 Å². The van der Waals surface area contributed by atoms with Gasteiger partial charge in [0.1, 0.15) is 5.82 Å². The van der Waals surface area contributed by atoms with Gasteiger partial charge in [-0.15, -0.1) is 0 Å². The highest BCUT2D eigenvalue weighted by Crippen LogP contribution is 2.31. The fourth-order valence-corrected chi connectivity index (χ4v) is 4.54. The predicted molar refractivity (Wildman–Crippen MR) is 106 cm³/mol. The number of aromatic nitrogens is 2. The summed E-state index contributed by atoms with van der Waals surface area (Å²) in [4.78, 5) is 12.7. The van der Waals surface area contributed by atoms with Crippen molar-refractivity contribution in [1.82, 2.24) is 14.1 Å². The lowest BCUT2D eigenvalue weighted by Crippen LogP contribution is -2.42. The Hall–Kier alpha value is -2.40. The van der Waals surface area contributed by atoms with Crippen LogP contribution in [0.3, 0.4) is 0 Å². The van der Waals surface area contributed by atoms with E-state index in [2.05, 4.69) is 10.4 Å². The molecule has 1 aliphatic rings. The van der Waals surface area contributed by atoms with Crippen LogP contribution in [-0.2, 0) is 21.0 Å². The molecule has 1 aliphatic heterocycles. The van der Waals surface area contributed by atoms with Gasteiger partial charge in [-0.05, 0) is 44.9 Å². The van der Waals surface area contributed by atoms with E-state index in [9.17, 15) is 26.4 Å². The maximum Gasteiger partial charge on any atom is 0.416 e. The molecule has 3 rings (SSSR count). The maximum absolute atomic E-state index is 13.0. The first-order chi connectivity index (χ1) is 14.0. The van der Waals surface area contributed by atoms with E-state index in [-0.39, 0.29) is 36.3 Å². The molecule has 0 atom stereocenters. The minimum absolute atomic E-state index is 0.0132. The summed E-state index contributed by atoms with van der Waals surface area (Å²) in [6.45, 7) is 3.78. The van der Waals surface area contributed by atoms with E-state index >= 15 is 0 Å². The van der Waals surface area contributed by atoms with Gasteiger partial charge in [0, 0.05) is 25.1 Å². The topological polar surface area (TPSA) is 84.3 Å². The fraction of sp³-hybridized carbons (Fsp3) is 0.474. The molecule has 0 bridgehead atoms. The number of piperidine rings is 1. The molecule has 1 aromatic heterocycles. The zero-order chi connectivity index (χ0) is 22.1. The van der Waals surface area contributed by atoms with Crippen LogP contribution in [0.4, 0.5) is 19.0 Å². The number of carbonyl (C=O) groups excluding carboxylic acids is 1. The summed E-state index contributed by atoms with van der Waals surface area (Å²) < 4.78 is 65.7. The van der Waals surface area contributed by atoms with Gasteiger partial charge in [0.05, 0.1) is 22.7 Å². The van der Waals surface area contributed by atoms with Gasteiger partial charge < -0.3 is 5.32 Å². The van der Waals surface area contributed by atoms with Crippen molar-refractivity contribution in [3.63, 3.8) is 0 Å². The maximum atomic E-state index is 13.0. The van der Waals surface area contributed by atoms with Gasteiger partial charge in [-0.3, -0.25) is 4.79 Å². The lowest BCUT2D eigenvalue weighted by Gasteiger charge is -2.30. The number of rotatable bonds is 5. The Morgan fingerprint density at radius 2 is 1.90 bits per heavy atom. The molecule has 30 heavy (non-hydrogen) atoms. The first-order valence-corrected chi connectivity index (χ1v) is 11.1. The Labute approximate surface area is 172 Å². The number of alkyl halides is 3. The number of benzene rings is 1. The quantitative estimate of drug-likeness (QED) is 0.768. The first-order valence-electron chi connectivity index (χ1n) is 9.54. The summed E-state index contributed by atoms with van der Waals surface area (Å²) in [6.07, 6.45) is -3.74. The third kappa shape index (κ3) is 4.84. The number of anilines is 1. The van der Waals surface area contributed by atoms with Crippen molar-refractivity contribution in [3.8, 4) is 5.69 Å². The van der Waals surface area contributed by atoms with E-state index in [0.29, 0.717) is 18.5 Å². The number of nitrogens with one attached hydrogen (secondary N) is 1. The zero-order valence-corrected chi connectivity index (χ0v) is 17.4. The average Bonchev–Trinajstić information content (AvgIpc) is 3.07. The number of sulfonamides is 1. The second-order valence-electron chi connectivity index (χ2n) is 7.19. The van der Waals surface area contributed by atoms with Crippen molar-refractivity contribution in [3.05, 3.63) is 41.6 Å². The van der Waals surface area contributed by atoms with E-state index in [1.54, 1.807) is 19.9 Å². The summed E-state index contributed by atoms with van der Waals surface area (Å²) in [7, 11) is -3.29. The second-order valence-corrected chi connectivity index (χ2v) is 9.45. The van der Waals surface area contributed by atoms with Crippen LogP contribution in [-0.4, -0.2) is 47.3 Å². The van der Waals surface area contributed by atoms with Crippen LogP contribution in [0.1, 0.15) is 31.0 Å². The number of hydrogen-bond donors (Lipinski definition) is 1. The van der Waals surface area contributed by atoms with Crippen LogP contribution in [0.5, 0.6) is 0 Å². The Morgan fingerprint density at radius 1 is 1.23 bits per heavy atom. The van der Waals surface area contributed by atoms with E-state index < -0.39 is 27.7 Å². The average molecular weight is 444 g/mol. The highest BCUT2D eigenvalue weighted by atomic mass is 32.2. The molecule has 0 radical (unpaired) electrons. The fourth-order valence-electron chi connectivity index (χ4n) is 3.41. The van der Waals surface area contributed by atoms with Crippen molar-refractivity contribution < 1.29 is 26.4 Å². The lowest BCUT2D eigenvalue weighted by atomic mass is 9.97. The molecule has 1 saturated heterocycles. The molecule has 0 unspecified atom stereocenters. The molecule has 2 heterocycles. The smallest absolute Gasteiger partial charge is 0.310 e. The molecule has 11 heteroatoms. The monoisotopic (exact) mass is 444 g/mol. The van der Waals surface area contributed by atoms with Crippen LogP contribution in [0, 0.1) is 12.8 Å². The molecule has 0 saturated carbocycles. The number of aryl methyl sites for hydroxylation is 1. The van der Waals surface area contributed by atoms with Crippen LogP contribution in [0.2, 0.25) is 0 Å². The van der Waals surface area contributed by atoms with Crippen molar-refractivity contribution in [1.29, 1.82) is 0 Å². The number of amides is 1. The Kier molecular flexibility index (Phi) is 6.23. The van der Waals surface area contributed by atoms with Crippen LogP contribution < -0.4 is 5.32 Å². The van der Waals surface area contributed by atoms with Crippen molar-refractivity contribution in [2.45, 2.75) is 32.9 Å². The van der Waals surface area contributed by atoms with Crippen molar-refractivity contribution >= 4 is 21.7 Å². The summed E-state index contributed by atoms with van der Waals surface area (Å²) in [5.74, 6) is -0.421. The van der Waals surface area contributed by atoms with Gasteiger partial charge in [-0.2, -0.15) is 18.3 Å². The SMILES string of the molecule is CCS(=O)(=O)N1CCC(C(=O)Nc2cc(C)nn2-c2cccc(C(F)(F)F)c2)CC1. The molecule has 2 aromatic rings. The number of nitrogens with zero attached hydrogens (tertiary/aromatic N) is 3. The third-order valence-electron chi connectivity index (χ3n) is 5.08. The van der Waals surface area contributed by atoms with Gasteiger partial charge >= 0.3 is 6.18 Å². The molecule has 1 amide bonds. The van der Waals surface area contributed by atoms with Gasteiger partial charge in [0.25, 0.3) is 0 Å². The third-order valence-corrected chi connectivity index (χ3v) is 6.97. The zero-order valence-electron chi connectivity index (χ0n) is 16.6. The Morgan fingerprint density at radius 3 is 2.50 bits per heavy atom. The Bertz CT molecular complexity index is 1030. The molecule has 164 valence electrons. The summed E-state index contributed by atoms with van der Waals surface area (Å²) in [5, 5.41) is 6.94. The summed E-state index contributed by atoms with van der Waals surface area (Å²) in [5.41, 5.74) is -0.0985. The first kappa shape index (κ1) is 22.3.